The molecule has 7 heteroatoms. The first-order valence-electron chi connectivity index (χ1n) is 4.49. The van der Waals surface area contributed by atoms with Gasteiger partial charge in [0.1, 0.15) is 0 Å². The molecule has 0 aromatic rings. The van der Waals surface area contributed by atoms with Crippen molar-refractivity contribution < 1.29 is 22.0 Å². The predicted molar refractivity (Wildman–Crippen MR) is 47.7 cm³/mol. The average Bonchev–Trinajstić information content (AvgIpc) is 2.03. The lowest BCUT2D eigenvalue weighted by atomic mass is 10.0. The molecule has 14 heavy (non-hydrogen) atoms. The molecule has 1 N–H and O–H groups in total. The van der Waals surface area contributed by atoms with E-state index in [1.807, 2.05) is 0 Å². The highest BCUT2D eigenvalue weighted by atomic mass is 19.5. The van der Waals surface area contributed by atoms with Crippen LogP contribution in [0, 0.1) is 0 Å². The largest absolute Gasteiger partial charge is 0.673 e. The van der Waals surface area contributed by atoms with Crippen LogP contribution in [-0.4, -0.2) is 32.6 Å². The van der Waals surface area contributed by atoms with Crippen molar-refractivity contribution in [1.29, 1.82) is 0 Å². The first-order valence-corrected chi connectivity index (χ1v) is 4.49. The van der Waals surface area contributed by atoms with E-state index in [-0.39, 0.29) is 5.60 Å². The zero-order valence-corrected chi connectivity index (χ0v) is 8.33. The summed E-state index contributed by atoms with van der Waals surface area (Å²) in [6.07, 6.45) is 1.10. The molecular weight excluding hydrogens is 201 g/mol. The Hall–Kier alpha value is -0.295. The van der Waals surface area contributed by atoms with Crippen LogP contribution in [0.4, 0.5) is 17.3 Å². The summed E-state index contributed by atoms with van der Waals surface area (Å²) in [5, 5.41) is 3.30. The third-order valence-electron chi connectivity index (χ3n) is 1.98. The zero-order valence-electron chi connectivity index (χ0n) is 8.33. The van der Waals surface area contributed by atoms with E-state index < -0.39 is 7.25 Å². The molecule has 0 amide bonds. The van der Waals surface area contributed by atoms with Gasteiger partial charge < -0.3 is 27.3 Å². The van der Waals surface area contributed by atoms with Crippen molar-refractivity contribution in [3.63, 3.8) is 0 Å². The van der Waals surface area contributed by atoms with Crippen LogP contribution in [0.2, 0.25) is 0 Å². The third-order valence-corrected chi connectivity index (χ3v) is 1.98. The van der Waals surface area contributed by atoms with E-state index in [2.05, 4.69) is 19.2 Å². The standard InChI is InChI=1S/C7H15NO.BF4/c1-3-7(2)6-8-4-5-9-7;2-1(3,4)5/h8H,3-6H2,1-2H3;/q;-1. The molecular formula is C7H15BF4NO-. The van der Waals surface area contributed by atoms with Gasteiger partial charge in [-0.3, -0.25) is 0 Å². The van der Waals surface area contributed by atoms with Gasteiger partial charge in [-0.1, -0.05) is 6.92 Å². The SMILES string of the molecule is CCC1(C)CNCCO1.F[B-](F)(F)F. The van der Waals surface area contributed by atoms with Gasteiger partial charge >= 0.3 is 7.25 Å². The summed E-state index contributed by atoms with van der Waals surface area (Å²) < 4.78 is 44.6. The highest BCUT2D eigenvalue weighted by molar-refractivity contribution is 6.50. The molecule has 2 nitrogen and oxygen atoms in total. The van der Waals surface area contributed by atoms with Crippen molar-refractivity contribution in [2.45, 2.75) is 25.9 Å². The first-order chi connectivity index (χ1) is 6.27. The van der Waals surface area contributed by atoms with E-state index in [0.29, 0.717) is 0 Å². The number of rotatable bonds is 1. The highest BCUT2D eigenvalue weighted by Crippen LogP contribution is 2.15. The van der Waals surface area contributed by atoms with Crippen molar-refractivity contribution in [2.24, 2.45) is 0 Å². The summed E-state index contributed by atoms with van der Waals surface area (Å²) in [6, 6.07) is 0. The van der Waals surface area contributed by atoms with Gasteiger partial charge in [0.2, 0.25) is 0 Å². The van der Waals surface area contributed by atoms with Gasteiger partial charge in [-0.15, -0.1) is 0 Å². The molecule has 1 atom stereocenters. The second-order valence-electron chi connectivity index (χ2n) is 3.32. The Morgan fingerprint density at radius 2 is 1.86 bits per heavy atom. The van der Waals surface area contributed by atoms with Gasteiger partial charge in [-0.2, -0.15) is 0 Å². The molecule has 1 rings (SSSR count). The van der Waals surface area contributed by atoms with Crippen LogP contribution >= 0.6 is 0 Å². The summed E-state index contributed by atoms with van der Waals surface area (Å²) in [5.41, 5.74) is 0.109. The molecule has 86 valence electrons. The molecule has 0 spiro atoms. The molecule has 1 unspecified atom stereocenters. The molecule has 1 saturated heterocycles. The predicted octanol–water partition coefficient (Wildman–Crippen LogP) is 2.07. The Labute approximate surface area is 81.1 Å². The molecule has 1 heterocycles. The summed E-state index contributed by atoms with van der Waals surface area (Å²) in [5.74, 6) is 0. The maximum absolute atomic E-state index is 9.75. The molecule has 0 aliphatic carbocycles. The van der Waals surface area contributed by atoms with E-state index in [1.165, 1.54) is 0 Å². The molecule has 0 aromatic heterocycles. The van der Waals surface area contributed by atoms with Crippen molar-refractivity contribution >= 4 is 7.25 Å². The molecule has 1 aliphatic heterocycles. The molecule has 0 aromatic carbocycles. The lowest BCUT2D eigenvalue weighted by Gasteiger charge is -2.33. The summed E-state index contributed by atoms with van der Waals surface area (Å²) in [6.45, 7) is 7.19. The van der Waals surface area contributed by atoms with Gasteiger partial charge in [0.25, 0.3) is 0 Å². The maximum Gasteiger partial charge on any atom is 0.673 e. The van der Waals surface area contributed by atoms with Gasteiger partial charge in [0.05, 0.1) is 12.2 Å². The van der Waals surface area contributed by atoms with Crippen molar-refractivity contribution in [3.05, 3.63) is 0 Å². The van der Waals surface area contributed by atoms with Crippen LogP contribution in [-0.2, 0) is 4.74 Å². The number of hydrogen-bond acceptors (Lipinski definition) is 2. The fourth-order valence-corrected chi connectivity index (χ4v) is 1.00. The molecule has 0 saturated carbocycles. The quantitative estimate of drug-likeness (QED) is 0.535. The fourth-order valence-electron chi connectivity index (χ4n) is 1.00. The summed E-state index contributed by atoms with van der Waals surface area (Å²) in [4.78, 5) is 0. The Morgan fingerprint density at radius 3 is 2.07 bits per heavy atom. The van der Waals surface area contributed by atoms with E-state index in [4.69, 9.17) is 4.74 Å². The average molecular weight is 216 g/mol. The van der Waals surface area contributed by atoms with Gasteiger partial charge in [0, 0.05) is 13.1 Å². The second kappa shape index (κ2) is 5.55. The Morgan fingerprint density at radius 1 is 1.36 bits per heavy atom. The van der Waals surface area contributed by atoms with Crippen molar-refractivity contribution in [2.75, 3.05) is 19.7 Å². The lowest BCUT2D eigenvalue weighted by Crippen LogP contribution is -2.47. The third kappa shape index (κ3) is 8.31. The smallest absolute Gasteiger partial charge is 0.418 e. The van der Waals surface area contributed by atoms with E-state index in [1.54, 1.807) is 0 Å². The number of hydrogen-bond donors (Lipinski definition) is 1. The minimum absolute atomic E-state index is 0.109. The topological polar surface area (TPSA) is 21.3 Å². The van der Waals surface area contributed by atoms with Gasteiger partial charge in [0.15, 0.2) is 0 Å². The minimum atomic E-state index is -6.00. The molecule has 1 fully saturated rings. The molecule has 0 radical (unpaired) electrons. The fraction of sp³-hybridized carbons (Fsp3) is 1.00. The van der Waals surface area contributed by atoms with Crippen LogP contribution in [0.15, 0.2) is 0 Å². The number of morpholine rings is 1. The number of ether oxygens (including phenoxy) is 1. The van der Waals surface area contributed by atoms with E-state index in [9.17, 15) is 17.3 Å². The van der Waals surface area contributed by atoms with Crippen LogP contribution in [0.5, 0.6) is 0 Å². The maximum atomic E-state index is 9.75. The van der Waals surface area contributed by atoms with E-state index >= 15 is 0 Å². The van der Waals surface area contributed by atoms with Crippen LogP contribution in [0.1, 0.15) is 20.3 Å². The monoisotopic (exact) mass is 216 g/mol. The summed E-state index contributed by atoms with van der Waals surface area (Å²) >= 11 is 0. The molecule has 1 aliphatic rings. The van der Waals surface area contributed by atoms with Crippen LogP contribution in [0.3, 0.4) is 0 Å². The summed E-state index contributed by atoms with van der Waals surface area (Å²) in [7, 11) is -6.00. The molecule has 0 bridgehead atoms. The van der Waals surface area contributed by atoms with Gasteiger partial charge in [-0.05, 0) is 13.3 Å². The Kier molecular flexibility index (Phi) is 5.44. The minimum Gasteiger partial charge on any atom is -0.418 e. The number of halogens is 4. The number of nitrogens with one attached hydrogen (secondary N) is 1. The first kappa shape index (κ1) is 13.7. The lowest BCUT2D eigenvalue weighted by molar-refractivity contribution is -0.0544. The van der Waals surface area contributed by atoms with E-state index in [0.717, 1.165) is 26.1 Å². The van der Waals surface area contributed by atoms with Crippen LogP contribution in [0.25, 0.3) is 0 Å². The highest BCUT2D eigenvalue weighted by Gasteiger charge is 2.24. The van der Waals surface area contributed by atoms with Gasteiger partial charge in [-0.25, -0.2) is 0 Å². The second-order valence-corrected chi connectivity index (χ2v) is 3.32. The zero-order chi connectivity index (χ0) is 11.2. The van der Waals surface area contributed by atoms with Crippen LogP contribution < -0.4 is 5.32 Å². The Balaban J connectivity index is 0.000000292. The Bertz CT molecular complexity index is 152. The van der Waals surface area contributed by atoms with Crippen molar-refractivity contribution in [3.8, 4) is 0 Å². The normalized spacial score (nSPS) is 27.9. The van der Waals surface area contributed by atoms with Crippen molar-refractivity contribution in [1.82, 2.24) is 5.32 Å².